The standard InChI is InChI=1S/C12H22N4O2S/c1-4-16-10(15-5-7-18-8-6-15)13-14-11(16)19-9-12(2,3)17/h17H,4-9H2,1-3H3. The van der Waals surface area contributed by atoms with Gasteiger partial charge in [-0.15, -0.1) is 10.2 Å². The fraction of sp³-hybridized carbons (Fsp3) is 0.833. The summed E-state index contributed by atoms with van der Waals surface area (Å²) >= 11 is 1.54. The molecule has 1 N–H and O–H groups in total. The minimum absolute atomic E-state index is 0.605. The van der Waals surface area contributed by atoms with Gasteiger partial charge in [-0.3, -0.25) is 4.57 Å². The van der Waals surface area contributed by atoms with Crippen LogP contribution in [0.5, 0.6) is 0 Å². The molecule has 0 bridgehead atoms. The highest BCUT2D eigenvalue weighted by molar-refractivity contribution is 7.99. The highest BCUT2D eigenvalue weighted by atomic mass is 32.2. The van der Waals surface area contributed by atoms with Crippen molar-refractivity contribution in [2.75, 3.05) is 37.0 Å². The SMILES string of the molecule is CCn1c(SCC(C)(C)O)nnc1N1CCOCC1. The van der Waals surface area contributed by atoms with Crippen molar-refractivity contribution >= 4 is 17.7 Å². The van der Waals surface area contributed by atoms with Gasteiger partial charge in [0.1, 0.15) is 0 Å². The zero-order valence-electron chi connectivity index (χ0n) is 11.8. The summed E-state index contributed by atoms with van der Waals surface area (Å²) in [7, 11) is 0. The van der Waals surface area contributed by atoms with Crippen molar-refractivity contribution in [2.45, 2.75) is 38.1 Å². The van der Waals surface area contributed by atoms with Gasteiger partial charge < -0.3 is 14.7 Å². The summed E-state index contributed by atoms with van der Waals surface area (Å²) in [5.74, 6) is 1.51. The predicted octanol–water partition coefficient (Wildman–Crippen LogP) is 0.998. The van der Waals surface area contributed by atoms with Crippen LogP contribution in [0.4, 0.5) is 5.95 Å². The van der Waals surface area contributed by atoms with E-state index in [4.69, 9.17) is 4.74 Å². The van der Waals surface area contributed by atoms with Crippen LogP contribution in [0.2, 0.25) is 0 Å². The monoisotopic (exact) mass is 286 g/mol. The number of ether oxygens (including phenoxy) is 1. The van der Waals surface area contributed by atoms with E-state index in [0.29, 0.717) is 5.75 Å². The Labute approximate surface area is 118 Å². The van der Waals surface area contributed by atoms with Gasteiger partial charge >= 0.3 is 0 Å². The lowest BCUT2D eigenvalue weighted by atomic mass is 10.2. The molecule has 0 aromatic carbocycles. The van der Waals surface area contributed by atoms with Crippen LogP contribution < -0.4 is 4.90 Å². The number of hydrogen-bond acceptors (Lipinski definition) is 6. The smallest absolute Gasteiger partial charge is 0.228 e. The average Bonchev–Trinajstić information content (AvgIpc) is 2.79. The Morgan fingerprint density at radius 1 is 1.32 bits per heavy atom. The van der Waals surface area contributed by atoms with E-state index in [1.165, 1.54) is 0 Å². The van der Waals surface area contributed by atoms with E-state index in [9.17, 15) is 5.11 Å². The van der Waals surface area contributed by atoms with Gasteiger partial charge in [0.2, 0.25) is 5.95 Å². The lowest BCUT2D eigenvalue weighted by molar-refractivity contribution is 0.107. The summed E-state index contributed by atoms with van der Waals surface area (Å²) in [5.41, 5.74) is -0.700. The fourth-order valence-corrected chi connectivity index (χ4v) is 2.85. The molecule has 0 unspecified atom stereocenters. The third-order valence-electron chi connectivity index (χ3n) is 2.86. The molecule has 19 heavy (non-hydrogen) atoms. The molecular formula is C12H22N4O2S. The average molecular weight is 286 g/mol. The minimum Gasteiger partial charge on any atom is -0.390 e. The molecule has 1 aliphatic heterocycles. The Morgan fingerprint density at radius 3 is 2.58 bits per heavy atom. The Morgan fingerprint density at radius 2 is 2.00 bits per heavy atom. The van der Waals surface area contributed by atoms with Crippen LogP contribution in [0.1, 0.15) is 20.8 Å². The number of morpholine rings is 1. The van der Waals surface area contributed by atoms with Gasteiger partial charge in [-0.2, -0.15) is 0 Å². The summed E-state index contributed by atoms with van der Waals surface area (Å²) in [6.45, 7) is 9.70. The van der Waals surface area contributed by atoms with Crippen molar-refractivity contribution in [3.63, 3.8) is 0 Å². The molecule has 0 amide bonds. The summed E-state index contributed by atoms with van der Waals surface area (Å²) in [6.07, 6.45) is 0. The lowest BCUT2D eigenvalue weighted by Gasteiger charge is -2.27. The number of anilines is 1. The quantitative estimate of drug-likeness (QED) is 0.815. The summed E-state index contributed by atoms with van der Waals surface area (Å²) in [5, 5.41) is 19.2. The zero-order chi connectivity index (χ0) is 13.9. The normalized spacial score (nSPS) is 16.9. The number of aromatic nitrogens is 3. The second-order valence-corrected chi connectivity index (χ2v) is 6.17. The maximum atomic E-state index is 9.79. The van der Waals surface area contributed by atoms with Crippen LogP contribution in [0.3, 0.4) is 0 Å². The molecule has 1 aromatic heterocycles. The van der Waals surface area contributed by atoms with Crippen LogP contribution in [0.25, 0.3) is 0 Å². The second kappa shape index (κ2) is 6.11. The highest BCUT2D eigenvalue weighted by Crippen LogP contribution is 2.25. The number of nitrogens with zero attached hydrogens (tertiary/aromatic N) is 4. The van der Waals surface area contributed by atoms with Crippen LogP contribution in [0, 0.1) is 0 Å². The van der Waals surface area contributed by atoms with Gasteiger partial charge in [0, 0.05) is 25.4 Å². The van der Waals surface area contributed by atoms with Gasteiger partial charge in [-0.25, -0.2) is 0 Å². The van der Waals surface area contributed by atoms with Crippen LogP contribution >= 0.6 is 11.8 Å². The molecule has 2 rings (SSSR count). The molecule has 0 spiro atoms. The van der Waals surface area contributed by atoms with E-state index in [1.54, 1.807) is 25.6 Å². The van der Waals surface area contributed by atoms with Gasteiger partial charge in [0.25, 0.3) is 0 Å². The Kier molecular flexibility index (Phi) is 4.70. The molecule has 1 fully saturated rings. The molecule has 108 valence electrons. The molecule has 0 aliphatic carbocycles. The second-order valence-electron chi connectivity index (χ2n) is 5.23. The largest absolute Gasteiger partial charge is 0.390 e. The number of hydrogen-bond donors (Lipinski definition) is 1. The van der Waals surface area contributed by atoms with Crippen molar-refractivity contribution in [2.24, 2.45) is 0 Å². The molecule has 2 heterocycles. The maximum Gasteiger partial charge on any atom is 0.228 e. The van der Waals surface area contributed by atoms with Crippen molar-refractivity contribution in [3.05, 3.63) is 0 Å². The molecule has 0 radical (unpaired) electrons. The Balaban J connectivity index is 2.10. The van der Waals surface area contributed by atoms with Crippen LogP contribution in [-0.4, -0.2) is 57.5 Å². The zero-order valence-corrected chi connectivity index (χ0v) is 12.6. The van der Waals surface area contributed by atoms with E-state index in [1.807, 2.05) is 0 Å². The third-order valence-corrected chi connectivity index (χ3v) is 4.27. The van der Waals surface area contributed by atoms with Gasteiger partial charge in [0.15, 0.2) is 5.16 Å². The first-order valence-electron chi connectivity index (χ1n) is 6.62. The molecular weight excluding hydrogens is 264 g/mol. The first kappa shape index (κ1) is 14.6. The minimum atomic E-state index is -0.700. The topological polar surface area (TPSA) is 63.4 Å². The molecule has 1 aromatic rings. The lowest BCUT2D eigenvalue weighted by Crippen LogP contribution is -2.38. The van der Waals surface area contributed by atoms with E-state index in [2.05, 4.69) is 26.6 Å². The number of rotatable bonds is 5. The molecule has 1 saturated heterocycles. The van der Waals surface area contributed by atoms with Gasteiger partial charge in [-0.1, -0.05) is 11.8 Å². The van der Waals surface area contributed by atoms with E-state index < -0.39 is 5.60 Å². The van der Waals surface area contributed by atoms with Crippen molar-refractivity contribution in [1.82, 2.24) is 14.8 Å². The summed E-state index contributed by atoms with van der Waals surface area (Å²) in [6, 6.07) is 0. The molecule has 7 heteroatoms. The summed E-state index contributed by atoms with van der Waals surface area (Å²) in [4.78, 5) is 2.20. The Bertz CT molecular complexity index is 410. The number of thioether (sulfide) groups is 1. The number of aliphatic hydroxyl groups is 1. The predicted molar refractivity (Wildman–Crippen MR) is 75.7 cm³/mol. The van der Waals surface area contributed by atoms with Gasteiger partial charge in [0.05, 0.1) is 18.8 Å². The van der Waals surface area contributed by atoms with Crippen molar-refractivity contribution < 1.29 is 9.84 Å². The van der Waals surface area contributed by atoms with Crippen LogP contribution in [0.15, 0.2) is 5.16 Å². The highest BCUT2D eigenvalue weighted by Gasteiger charge is 2.21. The van der Waals surface area contributed by atoms with Gasteiger partial charge in [-0.05, 0) is 20.8 Å². The Hall–Kier alpha value is -0.790. The first-order valence-corrected chi connectivity index (χ1v) is 7.61. The summed E-state index contributed by atoms with van der Waals surface area (Å²) < 4.78 is 7.46. The molecule has 0 atom stereocenters. The van der Waals surface area contributed by atoms with Crippen molar-refractivity contribution in [1.29, 1.82) is 0 Å². The van der Waals surface area contributed by atoms with E-state index in [-0.39, 0.29) is 0 Å². The molecule has 6 nitrogen and oxygen atoms in total. The van der Waals surface area contributed by atoms with E-state index in [0.717, 1.165) is 44.0 Å². The van der Waals surface area contributed by atoms with Crippen LogP contribution in [-0.2, 0) is 11.3 Å². The first-order chi connectivity index (χ1) is 9.01. The fourth-order valence-electron chi connectivity index (χ4n) is 1.90. The molecule has 0 saturated carbocycles. The van der Waals surface area contributed by atoms with Crippen molar-refractivity contribution in [3.8, 4) is 0 Å². The molecule has 1 aliphatic rings. The van der Waals surface area contributed by atoms with E-state index >= 15 is 0 Å². The maximum absolute atomic E-state index is 9.79. The third kappa shape index (κ3) is 3.84.